The molecule has 0 aliphatic carbocycles. The van der Waals surface area contributed by atoms with E-state index in [4.69, 9.17) is 10.5 Å². The van der Waals surface area contributed by atoms with E-state index < -0.39 is 5.60 Å². The van der Waals surface area contributed by atoms with E-state index in [0.717, 1.165) is 5.56 Å². The summed E-state index contributed by atoms with van der Waals surface area (Å²) in [6.45, 7) is 8.35. The lowest BCUT2D eigenvalue weighted by Crippen LogP contribution is -2.47. The Hall–Kier alpha value is -3.68. The van der Waals surface area contributed by atoms with E-state index in [1.165, 1.54) is 6.07 Å². The first-order chi connectivity index (χ1) is 16.5. The number of nitrogens with two attached hydrogens (primary N) is 1. The van der Waals surface area contributed by atoms with Gasteiger partial charge in [-0.3, -0.25) is 4.79 Å². The second kappa shape index (κ2) is 9.52. The molecule has 35 heavy (non-hydrogen) atoms. The number of anilines is 1. The molecule has 1 fully saturated rings. The number of aryl methyl sites for hydroxylation is 1. The molecule has 4 rings (SSSR count). The molecule has 184 valence electrons. The van der Waals surface area contributed by atoms with E-state index in [9.17, 15) is 14.0 Å². The molecule has 2 amide bonds. The number of amides is 2. The van der Waals surface area contributed by atoms with Crippen LogP contribution in [0.3, 0.4) is 0 Å². The van der Waals surface area contributed by atoms with E-state index in [-0.39, 0.29) is 29.7 Å². The fourth-order valence-electron chi connectivity index (χ4n) is 4.42. The quantitative estimate of drug-likeness (QED) is 0.548. The first-order valence-electron chi connectivity index (χ1n) is 11.8. The lowest BCUT2D eigenvalue weighted by atomic mass is 9.96. The number of rotatable bonds is 3. The maximum atomic E-state index is 14.5. The van der Waals surface area contributed by atoms with Crippen LogP contribution < -0.4 is 11.1 Å². The maximum absolute atomic E-state index is 14.5. The molecule has 1 aliphatic heterocycles. The van der Waals surface area contributed by atoms with Crippen molar-refractivity contribution in [3.63, 3.8) is 0 Å². The molecule has 1 aromatic heterocycles. The molecule has 2 aromatic carbocycles. The molecule has 7 nitrogen and oxygen atoms in total. The molecule has 0 saturated carbocycles. The highest BCUT2D eigenvalue weighted by atomic mass is 19.1. The molecule has 3 N–H and O–H groups in total. The van der Waals surface area contributed by atoms with Crippen molar-refractivity contribution in [3.8, 4) is 11.1 Å². The summed E-state index contributed by atoms with van der Waals surface area (Å²) in [6, 6.07) is 10.3. The van der Waals surface area contributed by atoms with Gasteiger partial charge in [0.1, 0.15) is 17.2 Å². The number of ether oxygens (including phenoxy) is 1. The van der Waals surface area contributed by atoms with Crippen molar-refractivity contribution in [2.45, 2.75) is 52.2 Å². The number of nitrogens with zero attached hydrogens (tertiary/aromatic N) is 2. The van der Waals surface area contributed by atoms with Gasteiger partial charge in [-0.25, -0.2) is 14.2 Å². The number of halogens is 1. The highest BCUT2D eigenvalue weighted by Crippen LogP contribution is 2.31. The lowest BCUT2D eigenvalue weighted by Gasteiger charge is -2.33. The predicted molar refractivity (Wildman–Crippen MR) is 135 cm³/mol. The van der Waals surface area contributed by atoms with Gasteiger partial charge in [0.15, 0.2) is 0 Å². The number of piperidine rings is 1. The van der Waals surface area contributed by atoms with Gasteiger partial charge in [0, 0.05) is 36.3 Å². The van der Waals surface area contributed by atoms with Crippen LogP contribution in [-0.4, -0.2) is 46.6 Å². The van der Waals surface area contributed by atoms with Gasteiger partial charge in [-0.2, -0.15) is 0 Å². The Morgan fingerprint density at radius 3 is 2.54 bits per heavy atom. The van der Waals surface area contributed by atoms with Gasteiger partial charge in [-0.05, 0) is 69.2 Å². The molecular formula is C27H31FN4O3. The molecule has 2 heterocycles. The Morgan fingerprint density at radius 2 is 1.89 bits per heavy atom. The number of hydrogen-bond donors (Lipinski definition) is 2. The van der Waals surface area contributed by atoms with Crippen LogP contribution in [0.5, 0.6) is 0 Å². The number of nitrogen functional groups attached to an aromatic ring is 1. The number of carbonyl (C=O) groups excluding carboxylic acids is 2. The summed E-state index contributed by atoms with van der Waals surface area (Å²) in [6.07, 6.45) is 2.48. The molecule has 8 heteroatoms. The molecule has 0 spiro atoms. The third kappa shape index (κ3) is 5.37. The molecule has 3 aromatic rings. The van der Waals surface area contributed by atoms with Gasteiger partial charge < -0.3 is 20.7 Å². The van der Waals surface area contributed by atoms with Crippen LogP contribution in [0.2, 0.25) is 0 Å². The number of likely N-dealkylation sites (tertiary alicyclic amines) is 1. The van der Waals surface area contributed by atoms with E-state index >= 15 is 0 Å². The maximum Gasteiger partial charge on any atom is 0.410 e. The predicted octanol–water partition coefficient (Wildman–Crippen LogP) is 5.06. The van der Waals surface area contributed by atoms with Crippen LogP contribution >= 0.6 is 0 Å². The van der Waals surface area contributed by atoms with Crippen LogP contribution in [0, 0.1) is 12.7 Å². The Labute approximate surface area is 204 Å². The zero-order valence-corrected chi connectivity index (χ0v) is 20.5. The lowest BCUT2D eigenvalue weighted by molar-refractivity contribution is 0.0199. The second-order valence-corrected chi connectivity index (χ2v) is 9.97. The Kier molecular flexibility index (Phi) is 6.65. The average Bonchev–Trinajstić information content (AvgIpc) is 2.78. The largest absolute Gasteiger partial charge is 0.444 e. The second-order valence-electron chi connectivity index (χ2n) is 9.97. The average molecular weight is 479 g/mol. The topological polar surface area (TPSA) is 97.5 Å². The Balaban J connectivity index is 1.51. The van der Waals surface area contributed by atoms with Crippen molar-refractivity contribution in [2.24, 2.45) is 0 Å². The van der Waals surface area contributed by atoms with Gasteiger partial charge in [-0.15, -0.1) is 0 Å². The number of nitrogens with one attached hydrogen (secondary N) is 1. The van der Waals surface area contributed by atoms with Gasteiger partial charge in [-0.1, -0.05) is 24.3 Å². The van der Waals surface area contributed by atoms with Crippen LogP contribution in [0.25, 0.3) is 21.9 Å². The molecule has 1 aliphatic rings. The van der Waals surface area contributed by atoms with Crippen LogP contribution in [0.4, 0.5) is 15.0 Å². The number of pyridine rings is 1. The van der Waals surface area contributed by atoms with E-state index in [2.05, 4.69) is 10.3 Å². The number of benzene rings is 2. The highest BCUT2D eigenvalue weighted by Gasteiger charge is 2.28. The summed E-state index contributed by atoms with van der Waals surface area (Å²) in [5, 5.41) is 4.39. The summed E-state index contributed by atoms with van der Waals surface area (Å²) >= 11 is 0. The monoisotopic (exact) mass is 478 g/mol. The van der Waals surface area contributed by atoms with Crippen molar-refractivity contribution in [2.75, 3.05) is 18.8 Å². The smallest absolute Gasteiger partial charge is 0.410 e. The molecule has 0 radical (unpaired) electrons. The van der Waals surface area contributed by atoms with Crippen molar-refractivity contribution >= 4 is 28.6 Å². The fourth-order valence-corrected chi connectivity index (χ4v) is 4.42. The summed E-state index contributed by atoms with van der Waals surface area (Å²) in [4.78, 5) is 31.4. The fraction of sp³-hybridized carbons (Fsp3) is 0.370. The Morgan fingerprint density at radius 1 is 1.17 bits per heavy atom. The molecule has 0 atom stereocenters. The van der Waals surface area contributed by atoms with Gasteiger partial charge in [0.25, 0.3) is 5.91 Å². The summed E-state index contributed by atoms with van der Waals surface area (Å²) in [5.74, 6) is -0.481. The van der Waals surface area contributed by atoms with E-state index in [1.54, 1.807) is 29.3 Å². The van der Waals surface area contributed by atoms with E-state index in [0.29, 0.717) is 53.4 Å². The minimum absolute atomic E-state index is 0.101. The molecule has 0 unspecified atom stereocenters. The number of carbonyl (C=O) groups is 2. The van der Waals surface area contributed by atoms with Crippen LogP contribution in [0.15, 0.2) is 42.6 Å². The molecular weight excluding hydrogens is 447 g/mol. The van der Waals surface area contributed by atoms with Crippen LogP contribution in [0.1, 0.15) is 49.5 Å². The highest BCUT2D eigenvalue weighted by molar-refractivity contribution is 6.11. The zero-order valence-electron chi connectivity index (χ0n) is 20.5. The standard InChI is InChI=1S/C27H31FN4O3/c1-16-6-5-7-21(28)22(16)17-8-9-20-18(14-17)15-30-24(29)23(20)25(33)31-19-10-12-32(13-11-19)26(34)35-27(2,3)4/h5-9,14-15,19H,10-13H2,1-4H3,(H2,29,30)(H,31,33). The number of fused-ring (bicyclic) bond motifs is 1. The van der Waals surface area contributed by atoms with Crippen LogP contribution in [-0.2, 0) is 4.74 Å². The SMILES string of the molecule is Cc1cccc(F)c1-c1ccc2c(C(=O)NC3CCN(C(=O)OC(C)(C)C)CC3)c(N)ncc2c1. The van der Waals surface area contributed by atoms with Crippen molar-refractivity contribution in [3.05, 3.63) is 59.5 Å². The Bertz CT molecular complexity index is 1260. The van der Waals surface area contributed by atoms with Gasteiger partial charge >= 0.3 is 6.09 Å². The minimum Gasteiger partial charge on any atom is -0.444 e. The summed E-state index contributed by atoms with van der Waals surface area (Å²) < 4.78 is 19.9. The first-order valence-corrected chi connectivity index (χ1v) is 11.8. The summed E-state index contributed by atoms with van der Waals surface area (Å²) in [7, 11) is 0. The number of aromatic nitrogens is 1. The summed E-state index contributed by atoms with van der Waals surface area (Å²) in [5.41, 5.74) is 7.91. The zero-order chi connectivity index (χ0) is 25.3. The normalized spacial score (nSPS) is 14.7. The minimum atomic E-state index is -0.550. The van der Waals surface area contributed by atoms with Crippen molar-refractivity contribution in [1.82, 2.24) is 15.2 Å². The van der Waals surface area contributed by atoms with Gasteiger partial charge in [0.05, 0.1) is 5.56 Å². The van der Waals surface area contributed by atoms with Crippen molar-refractivity contribution < 1.29 is 18.7 Å². The third-order valence-corrected chi connectivity index (χ3v) is 6.14. The molecule has 0 bridgehead atoms. The number of hydrogen-bond acceptors (Lipinski definition) is 5. The third-order valence-electron chi connectivity index (χ3n) is 6.14. The van der Waals surface area contributed by atoms with Gasteiger partial charge in [0.2, 0.25) is 0 Å². The molecule has 1 saturated heterocycles. The van der Waals surface area contributed by atoms with Crippen molar-refractivity contribution in [1.29, 1.82) is 0 Å². The first kappa shape index (κ1) is 24.4. The van der Waals surface area contributed by atoms with E-state index in [1.807, 2.05) is 39.8 Å².